The van der Waals surface area contributed by atoms with Gasteiger partial charge in [0.05, 0.1) is 6.67 Å². The zero-order chi connectivity index (χ0) is 20.5. The average Bonchev–Trinajstić information content (AvgIpc) is 3.26. The van der Waals surface area contributed by atoms with Crippen LogP contribution in [0.4, 0.5) is 10.5 Å². The van der Waals surface area contributed by atoms with E-state index >= 15 is 0 Å². The summed E-state index contributed by atoms with van der Waals surface area (Å²) in [6.45, 7) is 3.16. The maximum absolute atomic E-state index is 12.6. The Labute approximate surface area is 167 Å². The second kappa shape index (κ2) is 7.70. The predicted octanol–water partition coefficient (Wildman–Crippen LogP) is 0.834. The van der Waals surface area contributed by atoms with Crippen molar-refractivity contribution in [1.29, 1.82) is 0 Å². The number of anilines is 1. The van der Waals surface area contributed by atoms with Gasteiger partial charge in [-0.1, -0.05) is 0 Å². The van der Waals surface area contributed by atoms with Gasteiger partial charge in [-0.15, -0.1) is 0 Å². The molecule has 0 aliphatic carbocycles. The van der Waals surface area contributed by atoms with Gasteiger partial charge in [-0.25, -0.2) is 9.69 Å². The lowest BCUT2D eigenvalue weighted by Gasteiger charge is -2.32. The summed E-state index contributed by atoms with van der Waals surface area (Å²) >= 11 is 0. The second-order valence-corrected chi connectivity index (χ2v) is 7.16. The minimum Gasteiger partial charge on any atom is -0.454 e. The summed E-state index contributed by atoms with van der Waals surface area (Å²) in [5, 5.41) is 2.90. The van der Waals surface area contributed by atoms with E-state index in [1.807, 2.05) is 4.90 Å². The number of imide groups is 2. The van der Waals surface area contributed by atoms with E-state index in [9.17, 15) is 19.2 Å². The number of benzene rings is 1. The molecule has 0 radical (unpaired) electrons. The largest absolute Gasteiger partial charge is 0.454 e. The molecule has 0 aromatic heterocycles. The van der Waals surface area contributed by atoms with Crippen LogP contribution < -0.4 is 14.8 Å². The number of hydrogen-bond donors (Lipinski definition) is 1. The number of urea groups is 1. The number of ether oxygens (including phenoxy) is 2. The van der Waals surface area contributed by atoms with Crippen molar-refractivity contribution in [1.82, 2.24) is 14.7 Å². The number of rotatable bonds is 5. The summed E-state index contributed by atoms with van der Waals surface area (Å²) in [4.78, 5) is 52.4. The maximum Gasteiger partial charge on any atom is 0.335 e. The minimum atomic E-state index is -0.792. The van der Waals surface area contributed by atoms with Crippen LogP contribution in [0.3, 0.4) is 0 Å². The first-order valence-electron chi connectivity index (χ1n) is 9.58. The molecular weight excluding hydrogens is 380 g/mol. The summed E-state index contributed by atoms with van der Waals surface area (Å²) in [5.74, 6) is -0.565. The van der Waals surface area contributed by atoms with Crippen LogP contribution in [0.15, 0.2) is 18.2 Å². The molecular formula is C19H22N4O6. The van der Waals surface area contributed by atoms with Gasteiger partial charge in [-0.2, -0.15) is 0 Å². The van der Waals surface area contributed by atoms with Crippen molar-refractivity contribution < 1.29 is 28.7 Å². The summed E-state index contributed by atoms with van der Waals surface area (Å²) < 4.78 is 10.6. The van der Waals surface area contributed by atoms with E-state index < -0.39 is 17.8 Å². The first kappa shape index (κ1) is 19.2. The van der Waals surface area contributed by atoms with Crippen LogP contribution in [0, 0.1) is 5.92 Å². The number of nitrogens with zero attached hydrogens (tertiary/aromatic N) is 3. The van der Waals surface area contributed by atoms with E-state index in [0.717, 1.165) is 9.80 Å². The molecule has 1 N–H and O–H groups in total. The molecule has 1 aromatic rings. The van der Waals surface area contributed by atoms with Crippen molar-refractivity contribution in [2.24, 2.45) is 5.92 Å². The number of likely N-dealkylation sites (N-methyl/N-ethyl adjacent to an activating group) is 1. The Hall–Kier alpha value is -3.14. The highest BCUT2D eigenvalue weighted by atomic mass is 16.7. The van der Waals surface area contributed by atoms with Gasteiger partial charge in [0.25, 0.3) is 0 Å². The number of piperidine rings is 1. The minimum absolute atomic E-state index is 0.0659. The molecule has 3 aliphatic heterocycles. The molecule has 1 aromatic carbocycles. The molecule has 0 unspecified atom stereocenters. The fourth-order valence-electron chi connectivity index (χ4n) is 3.71. The zero-order valence-electron chi connectivity index (χ0n) is 16.1. The molecule has 2 saturated heterocycles. The van der Waals surface area contributed by atoms with Gasteiger partial charge >= 0.3 is 17.8 Å². The summed E-state index contributed by atoms with van der Waals surface area (Å²) in [6, 6.07) is 4.68. The Bertz CT molecular complexity index is 864. The normalized spacial score (nSPS) is 20.0. The van der Waals surface area contributed by atoms with Gasteiger partial charge < -0.3 is 14.8 Å². The van der Waals surface area contributed by atoms with Crippen molar-refractivity contribution in [3.05, 3.63) is 18.2 Å². The number of amides is 5. The lowest BCUT2D eigenvalue weighted by Crippen LogP contribution is -2.46. The fourth-order valence-corrected chi connectivity index (χ4v) is 3.71. The van der Waals surface area contributed by atoms with E-state index in [1.165, 1.54) is 0 Å². The van der Waals surface area contributed by atoms with Crippen LogP contribution in [-0.2, 0) is 14.4 Å². The molecule has 3 aliphatic rings. The molecule has 5 amide bonds. The Kier molecular flexibility index (Phi) is 5.10. The smallest absolute Gasteiger partial charge is 0.335 e. The van der Waals surface area contributed by atoms with E-state index in [-0.39, 0.29) is 31.8 Å². The number of nitrogens with one attached hydrogen (secondary N) is 1. The monoisotopic (exact) mass is 402 g/mol. The van der Waals surface area contributed by atoms with E-state index in [1.54, 1.807) is 25.1 Å². The van der Waals surface area contributed by atoms with Crippen LogP contribution in [0.5, 0.6) is 11.5 Å². The Morgan fingerprint density at radius 2 is 1.76 bits per heavy atom. The van der Waals surface area contributed by atoms with E-state index in [0.29, 0.717) is 43.1 Å². The van der Waals surface area contributed by atoms with Crippen molar-refractivity contribution >= 4 is 29.4 Å². The maximum atomic E-state index is 12.6. The van der Waals surface area contributed by atoms with Crippen LogP contribution in [0.2, 0.25) is 0 Å². The standard InChI is InChI=1S/C19H22N4O6/c1-2-22-17(25)18(26)23(19(22)27)10-21-7-5-12(6-8-21)16(24)20-13-3-4-14-15(9-13)29-11-28-14/h3-4,9,12H,2,5-8,10-11H2,1H3,(H,20,24). The fraction of sp³-hybridized carbons (Fsp3) is 0.474. The molecule has 0 atom stereocenters. The summed E-state index contributed by atoms with van der Waals surface area (Å²) in [5.41, 5.74) is 0.646. The predicted molar refractivity (Wildman–Crippen MR) is 100.0 cm³/mol. The average molecular weight is 402 g/mol. The van der Waals surface area contributed by atoms with Crippen LogP contribution in [-0.4, -0.2) is 71.5 Å². The molecule has 29 heavy (non-hydrogen) atoms. The number of likely N-dealkylation sites (tertiary alicyclic amines) is 1. The highest BCUT2D eigenvalue weighted by Gasteiger charge is 2.44. The van der Waals surface area contributed by atoms with Gasteiger partial charge in [0.15, 0.2) is 11.5 Å². The highest BCUT2D eigenvalue weighted by molar-refractivity contribution is 6.44. The lowest BCUT2D eigenvalue weighted by molar-refractivity contribution is -0.144. The van der Waals surface area contributed by atoms with Crippen LogP contribution in [0.1, 0.15) is 19.8 Å². The first-order valence-corrected chi connectivity index (χ1v) is 9.58. The first-order chi connectivity index (χ1) is 14.0. The molecule has 2 fully saturated rings. The highest BCUT2D eigenvalue weighted by Crippen LogP contribution is 2.34. The SMILES string of the molecule is CCN1C(=O)C(=O)N(CN2CCC(C(=O)Nc3ccc4c(c3)OCO4)CC2)C1=O. The number of fused-ring (bicyclic) bond motifs is 1. The van der Waals surface area contributed by atoms with Gasteiger partial charge in [0.1, 0.15) is 0 Å². The number of carbonyl (C=O) groups is 4. The van der Waals surface area contributed by atoms with Crippen LogP contribution >= 0.6 is 0 Å². The zero-order valence-corrected chi connectivity index (χ0v) is 16.1. The second-order valence-electron chi connectivity index (χ2n) is 7.16. The van der Waals surface area contributed by atoms with Gasteiger partial charge in [0, 0.05) is 37.3 Å². The Morgan fingerprint density at radius 1 is 1.07 bits per heavy atom. The summed E-state index contributed by atoms with van der Waals surface area (Å²) in [6.07, 6.45) is 1.19. The van der Waals surface area contributed by atoms with Crippen molar-refractivity contribution in [3.63, 3.8) is 0 Å². The van der Waals surface area contributed by atoms with E-state index in [4.69, 9.17) is 9.47 Å². The van der Waals surface area contributed by atoms with Crippen molar-refractivity contribution in [2.75, 3.05) is 38.4 Å². The third-order valence-electron chi connectivity index (χ3n) is 5.39. The van der Waals surface area contributed by atoms with Gasteiger partial charge in [-0.05, 0) is 31.9 Å². The van der Waals surface area contributed by atoms with Gasteiger partial charge in [-0.3, -0.25) is 24.2 Å². The van der Waals surface area contributed by atoms with E-state index in [2.05, 4.69) is 5.32 Å². The van der Waals surface area contributed by atoms with Crippen LogP contribution in [0.25, 0.3) is 0 Å². The van der Waals surface area contributed by atoms with Crippen molar-refractivity contribution in [3.8, 4) is 11.5 Å². The van der Waals surface area contributed by atoms with Crippen molar-refractivity contribution in [2.45, 2.75) is 19.8 Å². The Morgan fingerprint density at radius 3 is 2.45 bits per heavy atom. The third-order valence-corrected chi connectivity index (χ3v) is 5.39. The molecule has 0 bridgehead atoms. The molecule has 0 saturated carbocycles. The lowest BCUT2D eigenvalue weighted by atomic mass is 9.96. The molecule has 10 nitrogen and oxygen atoms in total. The topological polar surface area (TPSA) is 108 Å². The molecule has 0 spiro atoms. The molecule has 4 rings (SSSR count). The quantitative estimate of drug-likeness (QED) is 0.574. The third kappa shape index (κ3) is 3.63. The summed E-state index contributed by atoms with van der Waals surface area (Å²) in [7, 11) is 0. The molecule has 154 valence electrons. The molecule has 10 heteroatoms. The van der Waals surface area contributed by atoms with Gasteiger partial charge in [0.2, 0.25) is 12.7 Å². The number of hydrogen-bond acceptors (Lipinski definition) is 7. The number of carbonyl (C=O) groups excluding carboxylic acids is 4. The Balaban J connectivity index is 1.29. The molecule has 3 heterocycles.